The molecule has 0 atom stereocenters. The van der Waals surface area contributed by atoms with Gasteiger partial charge in [-0.15, -0.1) is 0 Å². The Morgan fingerprint density at radius 2 is 2.30 bits per heavy atom. The number of nitrogens with zero attached hydrogens (tertiary/aromatic N) is 1. The molecule has 0 aliphatic heterocycles. The molecule has 0 unspecified atom stereocenters. The first kappa shape index (κ1) is 7.30. The van der Waals surface area contributed by atoms with E-state index in [-0.39, 0.29) is 5.57 Å². The fourth-order valence-corrected chi connectivity index (χ4v) is 0.751. The van der Waals surface area contributed by atoms with Crippen LogP contribution in [-0.4, -0.2) is 5.24 Å². The van der Waals surface area contributed by atoms with Crippen LogP contribution < -0.4 is 0 Å². The molecule has 1 saturated carbocycles. The average molecular weight is 156 g/mol. The molecule has 52 valence electrons. The summed E-state index contributed by atoms with van der Waals surface area (Å²) in [5.41, 5.74) is 0.0872. The molecular weight excluding hydrogens is 150 g/mol. The first-order valence-electron chi connectivity index (χ1n) is 3.06. The van der Waals surface area contributed by atoms with Gasteiger partial charge in [-0.05, 0) is 30.4 Å². The highest BCUT2D eigenvalue weighted by Gasteiger charge is 2.20. The normalized spacial score (nSPS) is 18.2. The van der Waals surface area contributed by atoms with Crippen LogP contribution in [0.4, 0.5) is 0 Å². The Labute approximate surface area is 64.1 Å². The minimum absolute atomic E-state index is 0.0872. The third kappa shape index (κ3) is 1.85. The summed E-state index contributed by atoms with van der Waals surface area (Å²) in [7, 11) is 0. The predicted molar refractivity (Wildman–Crippen MR) is 37.3 cm³/mol. The molecule has 3 heteroatoms. The summed E-state index contributed by atoms with van der Waals surface area (Å²) < 4.78 is 0. The second-order valence-electron chi connectivity index (χ2n) is 2.30. The lowest BCUT2D eigenvalue weighted by Gasteiger charge is -1.84. The Morgan fingerprint density at radius 3 is 2.60 bits per heavy atom. The van der Waals surface area contributed by atoms with Crippen molar-refractivity contribution in [2.75, 3.05) is 0 Å². The van der Waals surface area contributed by atoms with E-state index in [2.05, 4.69) is 0 Å². The maximum Gasteiger partial charge on any atom is 0.262 e. The maximum atomic E-state index is 10.4. The van der Waals surface area contributed by atoms with Crippen LogP contribution in [-0.2, 0) is 4.79 Å². The molecule has 1 fully saturated rings. The standard InChI is InChI=1S/C7H6ClNO/c8-7(10)6(4-9)3-5-1-2-5/h3,5H,1-2H2/b6-3+. The van der Waals surface area contributed by atoms with Gasteiger partial charge in [-0.3, -0.25) is 4.79 Å². The van der Waals surface area contributed by atoms with Crippen molar-refractivity contribution in [1.29, 1.82) is 5.26 Å². The van der Waals surface area contributed by atoms with E-state index in [4.69, 9.17) is 16.9 Å². The van der Waals surface area contributed by atoms with Crippen molar-refractivity contribution in [3.63, 3.8) is 0 Å². The number of hydrogen-bond acceptors (Lipinski definition) is 2. The Bertz CT molecular complexity index is 222. The van der Waals surface area contributed by atoms with E-state index in [9.17, 15) is 4.79 Å². The molecule has 0 spiro atoms. The molecule has 0 radical (unpaired) electrons. The minimum Gasteiger partial charge on any atom is -0.275 e. The van der Waals surface area contributed by atoms with E-state index in [1.54, 1.807) is 12.1 Å². The predicted octanol–water partition coefficient (Wildman–Crippen LogP) is 1.61. The molecule has 1 rings (SSSR count). The molecule has 1 aliphatic rings. The van der Waals surface area contributed by atoms with E-state index < -0.39 is 5.24 Å². The molecule has 0 saturated heterocycles. The lowest BCUT2D eigenvalue weighted by atomic mass is 10.2. The van der Waals surface area contributed by atoms with Crippen molar-refractivity contribution >= 4 is 16.8 Å². The largest absolute Gasteiger partial charge is 0.275 e. The second-order valence-corrected chi connectivity index (χ2v) is 2.65. The summed E-state index contributed by atoms with van der Waals surface area (Å²) >= 11 is 5.09. The zero-order chi connectivity index (χ0) is 7.56. The molecule has 10 heavy (non-hydrogen) atoms. The molecule has 0 N–H and O–H groups in total. The lowest BCUT2D eigenvalue weighted by molar-refractivity contribution is -0.108. The van der Waals surface area contributed by atoms with Gasteiger partial charge in [0, 0.05) is 0 Å². The molecule has 2 nitrogen and oxygen atoms in total. The Kier molecular flexibility index (Phi) is 2.08. The van der Waals surface area contributed by atoms with Crippen LogP contribution in [0, 0.1) is 17.2 Å². The van der Waals surface area contributed by atoms with Gasteiger partial charge >= 0.3 is 0 Å². The first-order chi connectivity index (χ1) is 4.74. The van der Waals surface area contributed by atoms with Crippen LogP contribution in [0.3, 0.4) is 0 Å². The van der Waals surface area contributed by atoms with Crippen LogP contribution in [0.1, 0.15) is 12.8 Å². The fraction of sp³-hybridized carbons (Fsp3) is 0.429. The van der Waals surface area contributed by atoms with Crippen LogP contribution in [0.5, 0.6) is 0 Å². The third-order valence-corrected chi connectivity index (χ3v) is 1.56. The van der Waals surface area contributed by atoms with Crippen molar-refractivity contribution < 1.29 is 4.79 Å². The fourth-order valence-electron chi connectivity index (χ4n) is 0.645. The van der Waals surface area contributed by atoms with Crippen LogP contribution >= 0.6 is 11.6 Å². The summed E-state index contributed by atoms with van der Waals surface area (Å²) in [6, 6.07) is 1.75. The molecule has 0 aromatic carbocycles. The van der Waals surface area contributed by atoms with Crippen molar-refractivity contribution in [2.45, 2.75) is 12.8 Å². The van der Waals surface area contributed by atoms with E-state index in [1.165, 1.54) is 0 Å². The average Bonchev–Trinajstić information content (AvgIpc) is 2.64. The quantitative estimate of drug-likeness (QED) is 0.345. The third-order valence-electron chi connectivity index (χ3n) is 1.36. The molecule has 0 amide bonds. The number of halogens is 1. The number of allylic oxidation sites excluding steroid dienone is 2. The van der Waals surface area contributed by atoms with Gasteiger partial charge in [0.2, 0.25) is 0 Å². The van der Waals surface area contributed by atoms with Gasteiger partial charge in [-0.2, -0.15) is 5.26 Å². The monoisotopic (exact) mass is 155 g/mol. The molecule has 0 heterocycles. The van der Waals surface area contributed by atoms with E-state index >= 15 is 0 Å². The van der Waals surface area contributed by atoms with Crippen molar-refractivity contribution in [2.24, 2.45) is 5.92 Å². The summed E-state index contributed by atoms with van der Waals surface area (Å²) in [5, 5.41) is 7.71. The number of rotatable bonds is 2. The van der Waals surface area contributed by atoms with Gasteiger partial charge in [0.05, 0.1) is 0 Å². The highest BCUT2D eigenvalue weighted by molar-refractivity contribution is 6.68. The van der Waals surface area contributed by atoms with Gasteiger partial charge in [0.1, 0.15) is 11.6 Å². The SMILES string of the molecule is N#C/C(=C\C1CC1)C(=O)Cl. The first-order valence-corrected chi connectivity index (χ1v) is 3.43. The second kappa shape index (κ2) is 2.85. The van der Waals surface area contributed by atoms with Crippen molar-refractivity contribution in [3.05, 3.63) is 11.6 Å². The van der Waals surface area contributed by atoms with Gasteiger partial charge in [0.15, 0.2) is 0 Å². The summed E-state index contributed by atoms with van der Waals surface area (Å²) in [5.74, 6) is 0.428. The lowest BCUT2D eigenvalue weighted by Crippen LogP contribution is -1.89. The zero-order valence-corrected chi connectivity index (χ0v) is 6.06. The molecule has 0 aromatic heterocycles. The van der Waals surface area contributed by atoms with Crippen LogP contribution in [0.2, 0.25) is 0 Å². The zero-order valence-electron chi connectivity index (χ0n) is 5.30. The number of nitriles is 1. The van der Waals surface area contributed by atoms with Gasteiger partial charge in [-0.25, -0.2) is 0 Å². The van der Waals surface area contributed by atoms with Crippen molar-refractivity contribution in [3.8, 4) is 6.07 Å². The number of carbonyl (C=O) groups excluding carboxylic acids is 1. The number of carbonyl (C=O) groups is 1. The summed E-state index contributed by atoms with van der Waals surface area (Å²) in [4.78, 5) is 10.4. The van der Waals surface area contributed by atoms with Gasteiger partial charge in [0.25, 0.3) is 5.24 Å². The van der Waals surface area contributed by atoms with E-state index in [1.807, 2.05) is 0 Å². The summed E-state index contributed by atoms with van der Waals surface area (Å²) in [6.07, 6.45) is 3.81. The van der Waals surface area contributed by atoms with Crippen molar-refractivity contribution in [1.82, 2.24) is 0 Å². The molecule has 1 aliphatic carbocycles. The van der Waals surface area contributed by atoms with Gasteiger partial charge < -0.3 is 0 Å². The smallest absolute Gasteiger partial charge is 0.262 e. The summed E-state index contributed by atoms with van der Waals surface area (Å²) in [6.45, 7) is 0. The Hall–Kier alpha value is -0.810. The Balaban J connectivity index is 2.64. The topological polar surface area (TPSA) is 40.9 Å². The molecular formula is C7H6ClNO. The van der Waals surface area contributed by atoms with E-state index in [0.717, 1.165) is 12.8 Å². The number of hydrogen-bond donors (Lipinski definition) is 0. The van der Waals surface area contributed by atoms with Crippen LogP contribution in [0.15, 0.2) is 11.6 Å². The minimum atomic E-state index is -0.644. The maximum absolute atomic E-state index is 10.4. The van der Waals surface area contributed by atoms with E-state index in [0.29, 0.717) is 5.92 Å². The molecule has 0 aromatic rings. The van der Waals surface area contributed by atoms with Gasteiger partial charge in [-0.1, -0.05) is 6.08 Å². The Morgan fingerprint density at radius 1 is 1.70 bits per heavy atom. The van der Waals surface area contributed by atoms with Crippen LogP contribution in [0.25, 0.3) is 0 Å². The highest BCUT2D eigenvalue weighted by Crippen LogP contribution is 2.31. The molecule has 0 bridgehead atoms. The highest BCUT2D eigenvalue weighted by atomic mass is 35.5.